The Morgan fingerprint density at radius 3 is 0.810 bits per heavy atom. The van der Waals surface area contributed by atoms with E-state index in [0.29, 0.717) is 12.8 Å². The first-order chi connectivity index (χ1) is 41.6. The molecule has 0 radical (unpaired) electrons. The Morgan fingerprint density at radius 1 is 0.286 bits per heavy atom. The van der Waals surface area contributed by atoms with Crippen molar-refractivity contribution >= 4 is 11.9 Å². The van der Waals surface area contributed by atoms with Crippen LogP contribution in [0, 0.1) is 0 Å². The van der Waals surface area contributed by atoms with E-state index in [4.69, 9.17) is 9.47 Å². The number of hydrogen-bond donors (Lipinski definition) is 1. The van der Waals surface area contributed by atoms with Gasteiger partial charge in [0.1, 0.15) is 6.61 Å². The van der Waals surface area contributed by atoms with Crippen molar-refractivity contribution in [2.45, 2.75) is 328 Å². The lowest BCUT2D eigenvalue weighted by molar-refractivity contribution is -0.161. The number of esters is 2. The van der Waals surface area contributed by atoms with Crippen molar-refractivity contribution in [2.75, 3.05) is 13.2 Å². The number of aliphatic hydroxyl groups is 1. The van der Waals surface area contributed by atoms with Crippen LogP contribution in [-0.4, -0.2) is 36.4 Å². The minimum atomic E-state index is -0.813. The number of carbonyl (C=O) groups is 2. The molecule has 0 aliphatic carbocycles. The molecule has 84 heavy (non-hydrogen) atoms. The van der Waals surface area contributed by atoms with Crippen molar-refractivity contribution in [1.29, 1.82) is 0 Å². The average molecular weight is 1160 g/mol. The third-order valence-corrected chi connectivity index (χ3v) is 15.1. The van der Waals surface area contributed by atoms with Crippen LogP contribution in [0.3, 0.4) is 0 Å². The molecule has 0 saturated carbocycles. The Balaban J connectivity index is 3.52. The van der Waals surface area contributed by atoms with E-state index < -0.39 is 6.10 Å². The van der Waals surface area contributed by atoms with Crippen LogP contribution < -0.4 is 0 Å². The Labute approximate surface area is 520 Å². The maximum absolute atomic E-state index is 12.3. The zero-order chi connectivity index (χ0) is 60.5. The van der Waals surface area contributed by atoms with Gasteiger partial charge in [0.25, 0.3) is 0 Å². The number of allylic oxidation sites excluding steroid dienone is 24. The van der Waals surface area contributed by atoms with Crippen molar-refractivity contribution in [1.82, 2.24) is 0 Å². The summed E-state index contributed by atoms with van der Waals surface area (Å²) in [7, 11) is 0. The molecule has 0 fully saturated rings. The molecule has 0 aliphatic rings. The van der Waals surface area contributed by atoms with Gasteiger partial charge >= 0.3 is 11.9 Å². The quantitative estimate of drug-likeness (QED) is 0.0373. The van der Waals surface area contributed by atoms with Crippen LogP contribution in [0.15, 0.2) is 146 Å². The fraction of sp³-hybridized carbons (Fsp3) is 0.671. The number of carbonyl (C=O) groups excluding carboxylic acids is 2. The highest BCUT2D eigenvalue weighted by molar-refractivity contribution is 5.70. The van der Waals surface area contributed by atoms with E-state index >= 15 is 0 Å². The summed E-state index contributed by atoms with van der Waals surface area (Å²) >= 11 is 0. The van der Waals surface area contributed by atoms with Crippen molar-refractivity contribution in [3.63, 3.8) is 0 Å². The van der Waals surface area contributed by atoms with Gasteiger partial charge in [0.2, 0.25) is 0 Å². The van der Waals surface area contributed by atoms with E-state index in [1.807, 2.05) is 0 Å². The van der Waals surface area contributed by atoms with Crippen molar-refractivity contribution in [3.8, 4) is 0 Å². The molecule has 478 valence electrons. The highest BCUT2D eigenvalue weighted by Gasteiger charge is 2.16. The second kappa shape index (κ2) is 73.0. The van der Waals surface area contributed by atoms with Gasteiger partial charge in [0.05, 0.1) is 6.61 Å². The molecule has 0 heterocycles. The average Bonchev–Trinajstić information content (AvgIpc) is 3.51. The molecule has 0 aromatic rings. The van der Waals surface area contributed by atoms with E-state index in [-0.39, 0.29) is 31.6 Å². The van der Waals surface area contributed by atoms with E-state index in [2.05, 4.69) is 160 Å². The molecule has 0 aromatic carbocycles. The summed E-state index contributed by atoms with van der Waals surface area (Å²) in [6, 6.07) is 0. The van der Waals surface area contributed by atoms with Gasteiger partial charge in [0.15, 0.2) is 6.10 Å². The summed E-state index contributed by atoms with van der Waals surface area (Å²) in [4.78, 5) is 24.6. The largest absolute Gasteiger partial charge is 0.462 e. The zero-order valence-corrected chi connectivity index (χ0v) is 54.9. The Bertz CT molecular complexity index is 1750. The number of rotatable bonds is 64. The molecular weight excluding hydrogens is 1030 g/mol. The number of hydrogen-bond acceptors (Lipinski definition) is 5. The summed E-state index contributed by atoms with van der Waals surface area (Å²) in [5.74, 6) is -0.659. The Morgan fingerprint density at radius 2 is 0.524 bits per heavy atom. The van der Waals surface area contributed by atoms with Crippen LogP contribution in [0.25, 0.3) is 0 Å². The molecule has 1 unspecified atom stereocenters. The second-order valence-electron chi connectivity index (χ2n) is 23.2. The number of ether oxygens (including phenoxy) is 2. The van der Waals surface area contributed by atoms with Gasteiger partial charge in [0, 0.05) is 12.8 Å². The normalized spacial score (nSPS) is 13.1. The predicted molar refractivity (Wildman–Crippen MR) is 371 cm³/mol. The lowest BCUT2D eigenvalue weighted by Crippen LogP contribution is -2.28. The summed E-state index contributed by atoms with van der Waals surface area (Å²) in [6.07, 6.45) is 110. The fourth-order valence-electron chi connectivity index (χ4n) is 9.86. The predicted octanol–water partition coefficient (Wildman–Crippen LogP) is 24.9. The van der Waals surface area contributed by atoms with Crippen LogP contribution in [-0.2, 0) is 19.1 Å². The molecule has 1 N–H and O–H groups in total. The molecule has 5 nitrogen and oxygen atoms in total. The van der Waals surface area contributed by atoms with Crippen molar-refractivity contribution in [3.05, 3.63) is 146 Å². The van der Waals surface area contributed by atoms with Gasteiger partial charge in [-0.3, -0.25) is 9.59 Å². The van der Waals surface area contributed by atoms with E-state index in [1.165, 1.54) is 193 Å². The molecular formula is C79H132O5. The minimum absolute atomic E-state index is 0.0949. The van der Waals surface area contributed by atoms with E-state index in [0.717, 1.165) is 96.3 Å². The summed E-state index contributed by atoms with van der Waals surface area (Å²) < 4.78 is 10.7. The maximum Gasteiger partial charge on any atom is 0.306 e. The molecule has 0 saturated heterocycles. The van der Waals surface area contributed by atoms with Crippen LogP contribution in [0.5, 0.6) is 0 Å². The van der Waals surface area contributed by atoms with Gasteiger partial charge in [-0.1, -0.05) is 339 Å². The topological polar surface area (TPSA) is 72.8 Å². The lowest BCUT2D eigenvalue weighted by Gasteiger charge is -2.15. The molecule has 5 heteroatoms. The number of aliphatic hydroxyl groups excluding tert-OH is 1. The Kier molecular flexibility index (Phi) is 69.4. The first-order valence-electron chi connectivity index (χ1n) is 35.4. The number of unbranched alkanes of at least 4 members (excludes halogenated alkanes) is 32. The first-order valence-corrected chi connectivity index (χ1v) is 35.4. The maximum atomic E-state index is 12.3. The summed E-state index contributed by atoms with van der Waals surface area (Å²) in [6.45, 7) is 3.98. The van der Waals surface area contributed by atoms with Crippen molar-refractivity contribution in [2.24, 2.45) is 0 Å². The highest BCUT2D eigenvalue weighted by atomic mass is 16.6. The molecule has 0 bridgehead atoms. The lowest BCUT2D eigenvalue weighted by atomic mass is 10.0. The monoisotopic (exact) mass is 1160 g/mol. The van der Waals surface area contributed by atoms with Crippen molar-refractivity contribution < 1.29 is 24.2 Å². The highest BCUT2D eigenvalue weighted by Crippen LogP contribution is 2.17. The SMILES string of the molecule is CC/C=C\C/C=C\C/C=C\C/C=C\C/C=C\C/C=C\C/C=C\C/C=C\C/C=C\CCCC(=O)OC(CO)COC(=O)CCCCCCCCCCCCCCCCCCCCCCCCCCCC/C=C\C/C=C\C/C=C\CCCCCCC. The van der Waals surface area contributed by atoms with Gasteiger partial charge < -0.3 is 14.6 Å². The van der Waals surface area contributed by atoms with Gasteiger partial charge in [-0.15, -0.1) is 0 Å². The van der Waals surface area contributed by atoms with E-state index in [9.17, 15) is 14.7 Å². The molecule has 0 spiro atoms. The summed E-state index contributed by atoms with van der Waals surface area (Å²) in [5.41, 5.74) is 0. The molecule has 0 amide bonds. The summed E-state index contributed by atoms with van der Waals surface area (Å²) in [5, 5.41) is 9.68. The van der Waals surface area contributed by atoms with Crippen LogP contribution in [0.2, 0.25) is 0 Å². The standard InChI is InChI=1S/C79H132O5/c1-3-5-7-9-11-13-15-17-19-21-23-25-27-29-31-33-34-35-36-37-38-39-40-41-42-43-44-46-47-49-51-53-55-57-59-61-63-65-67-69-71-73-78(81)83-76-77(75-80)84-79(82)74-72-70-68-66-64-62-60-58-56-54-52-50-48-45-32-30-28-26-24-22-20-18-16-14-12-10-8-6-4-2/h6,8,12,14-15,17-18,20-21,23-24,26-27,29-30,32,48,50,54,56,60,62,66,68,77,80H,3-5,7,9-11,13,16,19,22,25,28,31,33-47,49,51-53,55,57-59,61,63-65,67,69-76H2,1-2H3/b8-6-,14-12-,17-15-,20-18-,23-21-,26-24-,29-27-,32-30-,50-48-,56-54-,62-60-,68-66-. The smallest absolute Gasteiger partial charge is 0.306 e. The fourth-order valence-corrected chi connectivity index (χ4v) is 9.86. The Hall–Kier alpha value is -4.22. The van der Waals surface area contributed by atoms with E-state index in [1.54, 1.807) is 0 Å². The molecule has 0 rings (SSSR count). The third-order valence-electron chi connectivity index (χ3n) is 15.1. The van der Waals surface area contributed by atoms with Gasteiger partial charge in [-0.2, -0.15) is 0 Å². The first kappa shape index (κ1) is 79.8. The van der Waals surface area contributed by atoms with Crippen LogP contribution in [0.4, 0.5) is 0 Å². The molecule has 0 aromatic heterocycles. The minimum Gasteiger partial charge on any atom is -0.462 e. The third kappa shape index (κ3) is 70.3. The van der Waals surface area contributed by atoms with Crippen LogP contribution in [0.1, 0.15) is 322 Å². The van der Waals surface area contributed by atoms with Crippen LogP contribution >= 0.6 is 0 Å². The zero-order valence-electron chi connectivity index (χ0n) is 54.9. The molecule has 0 aliphatic heterocycles. The van der Waals surface area contributed by atoms with Gasteiger partial charge in [-0.05, 0) is 116 Å². The molecule has 1 atom stereocenters. The second-order valence-corrected chi connectivity index (χ2v) is 23.2. The van der Waals surface area contributed by atoms with Gasteiger partial charge in [-0.25, -0.2) is 0 Å².